The monoisotopic (exact) mass is 322 g/mol. The minimum atomic E-state index is -2.46. The highest BCUT2D eigenvalue weighted by atomic mass is 28.4. The minimum absolute atomic E-state index is 0.648. The number of benzene rings is 1. The standard InChI is InChI=1S/C18H30O3Si/c1-5-16-22(19-7-3,20-8-4)21-15-9-10-18-13-11-17(6-2)12-14-18/h6,11-14H,2,5,7-10,15-16H2,1,3-4H3. The van der Waals surface area contributed by atoms with Gasteiger partial charge in [0.2, 0.25) is 0 Å². The van der Waals surface area contributed by atoms with E-state index in [1.54, 1.807) is 0 Å². The van der Waals surface area contributed by atoms with Crippen molar-refractivity contribution in [3.8, 4) is 0 Å². The van der Waals surface area contributed by atoms with Gasteiger partial charge in [0.05, 0.1) is 0 Å². The van der Waals surface area contributed by atoms with Gasteiger partial charge in [-0.3, -0.25) is 0 Å². The molecule has 0 aromatic heterocycles. The number of rotatable bonds is 12. The lowest BCUT2D eigenvalue weighted by Crippen LogP contribution is -2.46. The van der Waals surface area contributed by atoms with Crippen LogP contribution in [0.3, 0.4) is 0 Å². The van der Waals surface area contributed by atoms with Crippen LogP contribution >= 0.6 is 0 Å². The number of aryl methyl sites for hydroxylation is 1. The Morgan fingerprint density at radius 2 is 1.64 bits per heavy atom. The molecule has 0 heterocycles. The molecular weight excluding hydrogens is 292 g/mol. The summed E-state index contributed by atoms with van der Waals surface area (Å²) in [6.45, 7) is 11.9. The van der Waals surface area contributed by atoms with E-state index in [-0.39, 0.29) is 0 Å². The molecule has 1 rings (SSSR count). The second kappa shape index (κ2) is 10.7. The highest BCUT2D eigenvalue weighted by Gasteiger charge is 2.39. The van der Waals surface area contributed by atoms with E-state index in [0.29, 0.717) is 19.8 Å². The van der Waals surface area contributed by atoms with Crippen LogP contribution in [0.15, 0.2) is 30.8 Å². The smallest absolute Gasteiger partial charge is 0.374 e. The molecule has 0 radical (unpaired) electrons. The lowest BCUT2D eigenvalue weighted by molar-refractivity contribution is 0.0661. The summed E-state index contributed by atoms with van der Waals surface area (Å²) >= 11 is 0. The molecule has 0 saturated carbocycles. The molecule has 22 heavy (non-hydrogen) atoms. The van der Waals surface area contributed by atoms with E-state index < -0.39 is 8.80 Å². The molecule has 0 fully saturated rings. The summed E-state index contributed by atoms with van der Waals surface area (Å²) in [5, 5.41) is 0. The SMILES string of the molecule is C=Cc1ccc(CCCO[Si](CCC)(OCC)OCC)cc1. The molecule has 0 aliphatic carbocycles. The fourth-order valence-electron chi connectivity index (χ4n) is 2.41. The molecule has 0 amide bonds. The third-order valence-corrected chi connectivity index (χ3v) is 6.65. The van der Waals surface area contributed by atoms with E-state index >= 15 is 0 Å². The van der Waals surface area contributed by atoms with Gasteiger partial charge in [-0.2, -0.15) is 0 Å². The van der Waals surface area contributed by atoms with Crippen LogP contribution in [0.5, 0.6) is 0 Å². The van der Waals surface area contributed by atoms with Crippen LogP contribution in [0.25, 0.3) is 6.08 Å². The minimum Gasteiger partial charge on any atom is -0.374 e. The maximum Gasteiger partial charge on any atom is 0.500 e. The van der Waals surface area contributed by atoms with Gasteiger partial charge in [-0.1, -0.05) is 50.3 Å². The van der Waals surface area contributed by atoms with Crippen LogP contribution in [0.4, 0.5) is 0 Å². The molecule has 0 atom stereocenters. The van der Waals surface area contributed by atoms with Crippen LogP contribution in [0.2, 0.25) is 6.04 Å². The lowest BCUT2D eigenvalue weighted by atomic mass is 10.1. The Bertz CT molecular complexity index is 400. The molecule has 0 spiro atoms. The first-order chi connectivity index (χ1) is 10.7. The van der Waals surface area contributed by atoms with Crippen LogP contribution in [0.1, 0.15) is 44.7 Å². The summed E-state index contributed by atoms with van der Waals surface area (Å²) in [5.74, 6) is 0. The zero-order valence-electron chi connectivity index (χ0n) is 14.3. The van der Waals surface area contributed by atoms with E-state index in [1.165, 1.54) is 5.56 Å². The largest absolute Gasteiger partial charge is 0.500 e. The van der Waals surface area contributed by atoms with Crippen LogP contribution < -0.4 is 0 Å². The second-order valence-electron chi connectivity index (χ2n) is 5.20. The Labute approximate surface area is 136 Å². The van der Waals surface area contributed by atoms with E-state index in [9.17, 15) is 0 Å². The second-order valence-corrected chi connectivity index (χ2v) is 7.93. The van der Waals surface area contributed by atoms with Crippen molar-refractivity contribution in [1.82, 2.24) is 0 Å². The van der Waals surface area contributed by atoms with Gasteiger partial charge in [0, 0.05) is 25.9 Å². The Kier molecular flexibility index (Phi) is 9.32. The molecule has 0 aliphatic rings. The molecule has 0 bridgehead atoms. The van der Waals surface area contributed by atoms with Crippen molar-refractivity contribution < 1.29 is 13.3 Å². The molecule has 124 valence electrons. The predicted octanol–water partition coefficient (Wildman–Crippen LogP) is 4.70. The first kappa shape index (κ1) is 19.1. The van der Waals surface area contributed by atoms with Crippen molar-refractivity contribution in [2.75, 3.05) is 19.8 Å². The van der Waals surface area contributed by atoms with Gasteiger partial charge in [0.1, 0.15) is 0 Å². The predicted molar refractivity (Wildman–Crippen MR) is 94.9 cm³/mol. The fraction of sp³-hybridized carbons (Fsp3) is 0.556. The Balaban J connectivity index is 2.45. The van der Waals surface area contributed by atoms with E-state index in [4.69, 9.17) is 13.3 Å². The van der Waals surface area contributed by atoms with Crippen molar-refractivity contribution in [3.63, 3.8) is 0 Å². The first-order valence-electron chi connectivity index (χ1n) is 8.33. The average Bonchev–Trinajstić information content (AvgIpc) is 2.53. The third kappa shape index (κ3) is 6.44. The number of hydrogen-bond acceptors (Lipinski definition) is 3. The zero-order chi connectivity index (χ0) is 16.3. The van der Waals surface area contributed by atoms with Gasteiger partial charge in [-0.05, 0) is 37.8 Å². The summed E-state index contributed by atoms with van der Waals surface area (Å²) in [4.78, 5) is 0. The van der Waals surface area contributed by atoms with Crippen molar-refractivity contribution in [2.45, 2.75) is 46.1 Å². The molecule has 0 unspecified atom stereocenters. The van der Waals surface area contributed by atoms with Crippen molar-refractivity contribution in [3.05, 3.63) is 42.0 Å². The molecule has 0 N–H and O–H groups in total. The normalized spacial score (nSPS) is 11.6. The van der Waals surface area contributed by atoms with Crippen molar-refractivity contribution >= 4 is 14.9 Å². The molecule has 1 aromatic rings. The summed E-state index contributed by atoms with van der Waals surface area (Å²) in [7, 11) is -2.46. The van der Waals surface area contributed by atoms with Crippen LogP contribution in [0, 0.1) is 0 Å². The van der Waals surface area contributed by atoms with Crippen LogP contribution in [-0.4, -0.2) is 28.6 Å². The Morgan fingerprint density at radius 1 is 1.00 bits per heavy atom. The van der Waals surface area contributed by atoms with Crippen molar-refractivity contribution in [2.24, 2.45) is 0 Å². The van der Waals surface area contributed by atoms with Gasteiger partial charge in [0.25, 0.3) is 0 Å². The van der Waals surface area contributed by atoms with E-state index in [1.807, 2.05) is 19.9 Å². The summed E-state index contributed by atoms with van der Waals surface area (Å²) in [6.07, 6.45) is 4.87. The van der Waals surface area contributed by atoms with Crippen molar-refractivity contribution in [1.29, 1.82) is 0 Å². The highest BCUT2D eigenvalue weighted by molar-refractivity contribution is 6.60. The Hall–Kier alpha value is -0.943. The van der Waals surface area contributed by atoms with E-state index in [0.717, 1.165) is 30.9 Å². The fourth-order valence-corrected chi connectivity index (χ4v) is 5.04. The van der Waals surface area contributed by atoms with Gasteiger partial charge in [-0.15, -0.1) is 0 Å². The molecule has 4 heteroatoms. The molecule has 1 aromatic carbocycles. The van der Waals surface area contributed by atoms with Gasteiger partial charge in [0.15, 0.2) is 0 Å². The summed E-state index contributed by atoms with van der Waals surface area (Å²) in [5.41, 5.74) is 2.48. The maximum atomic E-state index is 6.10. The molecular formula is C18H30O3Si. The number of hydrogen-bond donors (Lipinski definition) is 0. The van der Waals surface area contributed by atoms with E-state index in [2.05, 4.69) is 37.8 Å². The molecule has 3 nitrogen and oxygen atoms in total. The van der Waals surface area contributed by atoms with Crippen LogP contribution in [-0.2, 0) is 19.7 Å². The van der Waals surface area contributed by atoms with Gasteiger partial charge < -0.3 is 13.3 Å². The quantitative estimate of drug-likeness (QED) is 0.412. The maximum absolute atomic E-state index is 6.10. The lowest BCUT2D eigenvalue weighted by Gasteiger charge is -2.28. The first-order valence-corrected chi connectivity index (χ1v) is 10.3. The summed E-state index contributed by atoms with van der Waals surface area (Å²) in [6, 6.07) is 9.39. The molecule has 0 saturated heterocycles. The summed E-state index contributed by atoms with van der Waals surface area (Å²) < 4.78 is 17.8. The third-order valence-electron chi connectivity index (χ3n) is 3.43. The molecule has 0 aliphatic heterocycles. The zero-order valence-corrected chi connectivity index (χ0v) is 15.3. The van der Waals surface area contributed by atoms with Gasteiger partial charge >= 0.3 is 8.80 Å². The van der Waals surface area contributed by atoms with Gasteiger partial charge in [-0.25, -0.2) is 0 Å². The highest BCUT2D eigenvalue weighted by Crippen LogP contribution is 2.18. The Morgan fingerprint density at radius 3 is 2.14 bits per heavy atom. The average molecular weight is 323 g/mol. The topological polar surface area (TPSA) is 27.7 Å².